The minimum Gasteiger partial charge on any atom is -0.394 e. The predicted molar refractivity (Wildman–Crippen MR) is 236 cm³/mol. The molecule has 12 N–H and O–H groups in total. The molecule has 3 rings (SSSR count). The van der Waals surface area contributed by atoms with Gasteiger partial charge in [0.1, 0.15) is 73.2 Å². The van der Waals surface area contributed by atoms with E-state index in [4.69, 9.17) is 28.4 Å². The number of carbonyl (C=O) groups excluding carboxylic acids is 1. The van der Waals surface area contributed by atoms with Crippen LogP contribution >= 0.6 is 0 Å². The first kappa shape index (κ1) is 58.1. The summed E-state index contributed by atoms with van der Waals surface area (Å²) in [6, 6.07) is -0.875. The first-order valence-corrected chi connectivity index (χ1v) is 24.8. The Morgan fingerprint density at radius 3 is 1.34 bits per heavy atom. The number of carbonyl (C=O) groups is 1. The molecule has 19 heteroatoms. The van der Waals surface area contributed by atoms with E-state index >= 15 is 0 Å². The SMILES string of the molecule is CCCCCCCCCCCCCCCCCCC(=O)NC(COC1OC(CO)C(OC2OC(CO)C(OC3OC(CO)C(O)C(O)C3O)C(O)C2O)C(O)C1O)C(O)CCCCCC. The average Bonchev–Trinajstić information content (AvgIpc) is 3.30. The van der Waals surface area contributed by atoms with Crippen LogP contribution < -0.4 is 5.32 Å². The molecule has 384 valence electrons. The topological polar surface area (TPSA) is 307 Å². The summed E-state index contributed by atoms with van der Waals surface area (Å²) >= 11 is 0. The van der Waals surface area contributed by atoms with Crippen LogP contribution in [0.1, 0.15) is 155 Å². The molecule has 0 aliphatic carbocycles. The molecule has 3 aliphatic rings. The van der Waals surface area contributed by atoms with Gasteiger partial charge in [-0.1, -0.05) is 136 Å². The lowest BCUT2D eigenvalue weighted by Crippen LogP contribution is -2.66. The van der Waals surface area contributed by atoms with Gasteiger partial charge in [-0.15, -0.1) is 0 Å². The highest BCUT2D eigenvalue weighted by Gasteiger charge is 2.53. The van der Waals surface area contributed by atoms with Crippen molar-refractivity contribution in [2.75, 3.05) is 26.4 Å². The van der Waals surface area contributed by atoms with Crippen molar-refractivity contribution in [1.29, 1.82) is 0 Å². The van der Waals surface area contributed by atoms with E-state index in [1.165, 1.54) is 77.0 Å². The van der Waals surface area contributed by atoms with Gasteiger partial charge in [-0.2, -0.15) is 0 Å². The van der Waals surface area contributed by atoms with Gasteiger partial charge in [0.25, 0.3) is 0 Å². The van der Waals surface area contributed by atoms with Crippen molar-refractivity contribution in [3.05, 3.63) is 0 Å². The summed E-state index contributed by atoms with van der Waals surface area (Å²) in [6.07, 6.45) is -2.66. The number of rotatable bonds is 34. The number of unbranched alkanes of at least 4 members (excludes halogenated alkanes) is 18. The molecule has 0 aromatic rings. The fourth-order valence-corrected chi connectivity index (χ4v) is 8.72. The third kappa shape index (κ3) is 19.2. The first-order chi connectivity index (χ1) is 31.3. The summed E-state index contributed by atoms with van der Waals surface area (Å²) in [7, 11) is 0. The van der Waals surface area contributed by atoms with Gasteiger partial charge >= 0.3 is 0 Å². The van der Waals surface area contributed by atoms with Crippen LogP contribution in [0.15, 0.2) is 0 Å². The monoisotopic (exact) mass is 942 g/mol. The second kappa shape index (κ2) is 32.6. The molecule has 0 radical (unpaired) electrons. The molecule has 0 aromatic carbocycles. The predicted octanol–water partition coefficient (Wildman–Crippen LogP) is 0.919. The van der Waals surface area contributed by atoms with Gasteiger partial charge in [-0.25, -0.2) is 0 Å². The van der Waals surface area contributed by atoms with Crippen molar-refractivity contribution in [1.82, 2.24) is 5.32 Å². The van der Waals surface area contributed by atoms with Gasteiger partial charge in [0.15, 0.2) is 18.9 Å². The number of nitrogens with one attached hydrogen (secondary N) is 1. The van der Waals surface area contributed by atoms with Gasteiger partial charge in [-0.05, 0) is 12.8 Å². The molecule has 0 bridgehead atoms. The maximum absolute atomic E-state index is 13.1. The van der Waals surface area contributed by atoms with E-state index in [0.717, 1.165) is 44.9 Å². The smallest absolute Gasteiger partial charge is 0.220 e. The molecule has 0 aromatic heterocycles. The quantitative estimate of drug-likeness (QED) is 0.0399. The summed E-state index contributed by atoms with van der Waals surface area (Å²) in [5, 5.41) is 119. The molecule has 3 fully saturated rings. The van der Waals surface area contributed by atoms with Crippen molar-refractivity contribution in [2.45, 2.75) is 259 Å². The zero-order valence-corrected chi connectivity index (χ0v) is 39.0. The van der Waals surface area contributed by atoms with E-state index in [0.29, 0.717) is 12.8 Å². The van der Waals surface area contributed by atoms with E-state index in [9.17, 15) is 61.0 Å². The number of aliphatic hydroxyl groups excluding tert-OH is 11. The number of hydrogen-bond donors (Lipinski definition) is 12. The van der Waals surface area contributed by atoms with Crippen LogP contribution in [0.2, 0.25) is 0 Å². The summed E-state index contributed by atoms with van der Waals surface area (Å²) in [6.45, 7) is 1.62. The highest BCUT2D eigenvalue weighted by atomic mass is 16.8. The van der Waals surface area contributed by atoms with Crippen LogP contribution in [0.4, 0.5) is 0 Å². The largest absolute Gasteiger partial charge is 0.394 e. The molecular formula is C46H87NO18. The molecular weight excluding hydrogens is 854 g/mol. The summed E-state index contributed by atoms with van der Waals surface area (Å²) in [4.78, 5) is 13.1. The van der Waals surface area contributed by atoms with Crippen LogP contribution in [0, 0.1) is 0 Å². The normalized spacial score (nSPS) is 34.1. The average molecular weight is 942 g/mol. The molecule has 3 saturated heterocycles. The fraction of sp³-hybridized carbons (Fsp3) is 0.978. The molecule has 19 nitrogen and oxygen atoms in total. The van der Waals surface area contributed by atoms with Crippen LogP contribution in [-0.2, 0) is 33.2 Å². The minimum atomic E-state index is -1.97. The van der Waals surface area contributed by atoms with Crippen molar-refractivity contribution >= 4 is 5.91 Å². The lowest BCUT2D eigenvalue weighted by Gasteiger charge is -2.48. The third-order valence-corrected chi connectivity index (χ3v) is 12.9. The van der Waals surface area contributed by atoms with E-state index < -0.39 is 124 Å². The molecule has 17 atom stereocenters. The Bertz CT molecular complexity index is 1220. The van der Waals surface area contributed by atoms with Gasteiger partial charge in [0.05, 0.1) is 38.6 Å². The summed E-state index contributed by atoms with van der Waals surface area (Å²) < 4.78 is 34.0. The Kier molecular flexibility index (Phi) is 29.1. The lowest BCUT2D eigenvalue weighted by molar-refractivity contribution is -0.379. The van der Waals surface area contributed by atoms with Crippen molar-refractivity contribution in [3.63, 3.8) is 0 Å². The van der Waals surface area contributed by atoms with Crippen molar-refractivity contribution < 1.29 is 89.4 Å². The molecule has 3 aliphatic heterocycles. The van der Waals surface area contributed by atoms with Crippen LogP contribution in [0.25, 0.3) is 0 Å². The van der Waals surface area contributed by atoms with Crippen molar-refractivity contribution in [3.8, 4) is 0 Å². The standard InChI is InChI=1S/C46H87NO18/c1-3-5-7-9-10-11-12-13-14-15-16-17-18-19-20-22-24-34(52)47-29(30(51)23-21-8-6-4-2)28-60-44-40(58)37(55)42(32(26-49)62-44)65-46-41(59)38(56)43(33(27-50)63-46)64-45-39(57)36(54)35(53)31(25-48)61-45/h29-33,35-46,48-51,53-59H,3-28H2,1-2H3,(H,47,52). The van der Waals surface area contributed by atoms with Gasteiger partial charge in [-0.3, -0.25) is 4.79 Å². The maximum atomic E-state index is 13.1. The van der Waals surface area contributed by atoms with Crippen LogP contribution in [0.5, 0.6) is 0 Å². The zero-order valence-electron chi connectivity index (χ0n) is 39.0. The maximum Gasteiger partial charge on any atom is 0.220 e. The molecule has 1 amide bonds. The van der Waals surface area contributed by atoms with Gasteiger partial charge in [0.2, 0.25) is 5.91 Å². The van der Waals surface area contributed by atoms with E-state index in [2.05, 4.69) is 19.2 Å². The number of hydrogen-bond acceptors (Lipinski definition) is 18. The zero-order chi connectivity index (χ0) is 47.7. The van der Waals surface area contributed by atoms with E-state index in [-0.39, 0.29) is 18.9 Å². The third-order valence-electron chi connectivity index (χ3n) is 12.9. The Balaban J connectivity index is 1.48. The summed E-state index contributed by atoms with van der Waals surface area (Å²) in [5.41, 5.74) is 0. The Morgan fingerprint density at radius 2 is 0.877 bits per heavy atom. The van der Waals surface area contributed by atoms with Gasteiger partial charge in [0, 0.05) is 6.42 Å². The fourth-order valence-electron chi connectivity index (χ4n) is 8.72. The number of ether oxygens (including phenoxy) is 6. The molecule has 0 spiro atoms. The van der Waals surface area contributed by atoms with Crippen LogP contribution in [0.3, 0.4) is 0 Å². The highest BCUT2D eigenvalue weighted by molar-refractivity contribution is 5.76. The molecule has 3 heterocycles. The molecule has 0 saturated carbocycles. The Morgan fingerprint density at radius 1 is 0.492 bits per heavy atom. The number of amides is 1. The second-order valence-electron chi connectivity index (χ2n) is 18.3. The molecule has 17 unspecified atom stereocenters. The lowest BCUT2D eigenvalue weighted by atomic mass is 9.96. The van der Waals surface area contributed by atoms with Crippen LogP contribution in [-0.4, -0.2) is 193 Å². The van der Waals surface area contributed by atoms with E-state index in [1.54, 1.807) is 0 Å². The molecule has 65 heavy (non-hydrogen) atoms. The number of aliphatic hydroxyl groups is 11. The Hall–Kier alpha value is -1.21. The first-order valence-electron chi connectivity index (χ1n) is 24.8. The summed E-state index contributed by atoms with van der Waals surface area (Å²) in [5.74, 6) is -0.251. The van der Waals surface area contributed by atoms with Gasteiger partial charge < -0.3 is 89.9 Å². The Labute approximate surface area is 385 Å². The highest BCUT2D eigenvalue weighted by Crippen LogP contribution is 2.33. The van der Waals surface area contributed by atoms with Crippen molar-refractivity contribution in [2.24, 2.45) is 0 Å². The minimum absolute atomic E-state index is 0.251. The van der Waals surface area contributed by atoms with E-state index in [1.807, 2.05) is 0 Å². The second-order valence-corrected chi connectivity index (χ2v) is 18.3.